The molecule has 0 aromatic heterocycles. The molecule has 0 spiro atoms. The van der Waals surface area contributed by atoms with Gasteiger partial charge in [-0.25, -0.2) is 0 Å². The number of hydrogen-bond donors (Lipinski definition) is 1. The van der Waals surface area contributed by atoms with E-state index in [-0.39, 0.29) is 35.3 Å². The molecule has 7 rings (SSSR count). The average Bonchev–Trinajstić information content (AvgIpc) is 3.43. The molecule has 2 aliphatic carbocycles. The van der Waals surface area contributed by atoms with Crippen molar-refractivity contribution in [3.63, 3.8) is 0 Å². The fraction of sp³-hybridized carbons (Fsp3) is 0.333. The second-order valence-corrected chi connectivity index (χ2v) is 12.2. The van der Waals surface area contributed by atoms with Crippen LogP contribution in [-0.4, -0.2) is 28.7 Å². The summed E-state index contributed by atoms with van der Waals surface area (Å²) in [5.41, 5.74) is 4.99. The third-order valence-electron chi connectivity index (χ3n) is 10.1. The normalized spacial score (nSPS) is 28.1. The number of carbonyl (C=O) groups is 4. The molecule has 4 amide bonds. The smallest absolute Gasteiger partial charge is 0.238 e. The van der Waals surface area contributed by atoms with Crippen LogP contribution in [0.5, 0.6) is 5.75 Å². The van der Waals surface area contributed by atoms with Crippen molar-refractivity contribution in [1.29, 1.82) is 0 Å². The van der Waals surface area contributed by atoms with Crippen LogP contribution < -0.4 is 9.80 Å². The Balaban J connectivity index is 1.30. The first-order valence-corrected chi connectivity index (χ1v) is 15.2. The van der Waals surface area contributed by atoms with Gasteiger partial charge in [-0.1, -0.05) is 61.9 Å². The zero-order chi connectivity index (χ0) is 30.0. The Labute approximate surface area is 250 Å². The lowest BCUT2D eigenvalue weighted by Gasteiger charge is -2.44. The molecule has 7 nitrogen and oxygen atoms in total. The Hall–Kier alpha value is -4.52. The lowest BCUT2D eigenvalue weighted by molar-refractivity contribution is -0.126. The molecule has 1 saturated carbocycles. The minimum Gasteiger partial charge on any atom is -0.508 e. The maximum atomic E-state index is 14.2. The van der Waals surface area contributed by atoms with Crippen LogP contribution in [0, 0.1) is 29.6 Å². The standard InChI is InChI=1S/C36H34N2O5/c1-3-20-8-12-23(13-9-20)37-33(40)27-17-16-26-28(31(27)35(37)42)19-29-32(30(26)22-6-5-7-25(39)18-22)36(43)38(34(29)41)24-14-10-21(4-2)11-15-24/h5-16,18,27-32,39H,3-4,17,19H2,1-2H3. The van der Waals surface area contributed by atoms with Crippen molar-refractivity contribution < 1.29 is 24.3 Å². The molecule has 6 atom stereocenters. The molecule has 3 fully saturated rings. The summed E-state index contributed by atoms with van der Waals surface area (Å²) < 4.78 is 0. The van der Waals surface area contributed by atoms with E-state index in [9.17, 15) is 24.3 Å². The Morgan fingerprint density at radius 3 is 1.79 bits per heavy atom. The molecule has 0 bridgehead atoms. The minimum absolute atomic E-state index is 0.0723. The molecule has 43 heavy (non-hydrogen) atoms. The van der Waals surface area contributed by atoms with Crippen LogP contribution in [0.4, 0.5) is 11.4 Å². The van der Waals surface area contributed by atoms with Gasteiger partial charge in [0.15, 0.2) is 0 Å². The summed E-state index contributed by atoms with van der Waals surface area (Å²) >= 11 is 0. The molecule has 4 aliphatic rings. The number of nitrogens with zero attached hydrogens (tertiary/aromatic N) is 2. The first-order chi connectivity index (χ1) is 20.8. The number of rotatable bonds is 5. The highest BCUT2D eigenvalue weighted by atomic mass is 16.3. The van der Waals surface area contributed by atoms with Gasteiger partial charge < -0.3 is 5.11 Å². The first-order valence-electron chi connectivity index (χ1n) is 15.2. The molecule has 3 aromatic carbocycles. The number of hydrogen-bond acceptors (Lipinski definition) is 5. The lowest BCUT2D eigenvalue weighted by Crippen LogP contribution is -2.43. The predicted molar refractivity (Wildman–Crippen MR) is 162 cm³/mol. The topological polar surface area (TPSA) is 95.0 Å². The minimum atomic E-state index is -0.663. The molecule has 0 radical (unpaired) electrons. The van der Waals surface area contributed by atoms with E-state index in [0.717, 1.165) is 35.1 Å². The van der Waals surface area contributed by atoms with Gasteiger partial charge in [0.2, 0.25) is 23.6 Å². The van der Waals surface area contributed by atoms with Gasteiger partial charge in [-0.15, -0.1) is 0 Å². The lowest BCUT2D eigenvalue weighted by atomic mass is 9.57. The van der Waals surface area contributed by atoms with Gasteiger partial charge in [-0.05, 0) is 84.7 Å². The van der Waals surface area contributed by atoms with Gasteiger partial charge in [0.05, 0.1) is 35.0 Å². The summed E-state index contributed by atoms with van der Waals surface area (Å²) in [6, 6.07) is 21.9. The van der Waals surface area contributed by atoms with Crippen LogP contribution in [-0.2, 0) is 32.0 Å². The average molecular weight is 575 g/mol. The Bertz CT molecular complexity index is 1670. The molecule has 2 saturated heterocycles. The molecule has 218 valence electrons. The van der Waals surface area contributed by atoms with Crippen molar-refractivity contribution in [2.75, 3.05) is 9.80 Å². The highest BCUT2D eigenvalue weighted by Gasteiger charge is 2.62. The van der Waals surface area contributed by atoms with Crippen LogP contribution in [0.3, 0.4) is 0 Å². The highest BCUT2D eigenvalue weighted by Crippen LogP contribution is 2.58. The van der Waals surface area contributed by atoms with Crippen molar-refractivity contribution in [2.24, 2.45) is 29.6 Å². The molecule has 1 N–H and O–H groups in total. The van der Waals surface area contributed by atoms with E-state index in [1.165, 1.54) is 9.80 Å². The third kappa shape index (κ3) is 4.16. The molecular weight excluding hydrogens is 540 g/mol. The van der Waals surface area contributed by atoms with Gasteiger partial charge >= 0.3 is 0 Å². The monoisotopic (exact) mass is 574 g/mol. The number of carbonyl (C=O) groups excluding carboxylic acids is 4. The summed E-state index contributed by atoms with van der Waals surface area (Å²) in [7, 11) is 0. The number of fused-ring (bicyclic) bond motifs is 4. The first kappa shape index (κ1) is 27.3. The number of phenols is 1. The Kier molecular flexibility index (Phi) is 6.56. The number of aryl methyl sites for hydroxylation is 2. The zero-order valence-corrected chi connectivity index (χ0v) is 24.3. The summed E-state index contributed by atoms with van der Waals surface area (Å²) in [5, 5.41) is 10.4. The summed E-state index contributed by atoms with van der Waals surface area (Å²) in [6.07, 6.45) is 4.44. The van der Waals surface area contributed by atoms with Crippen LogP contribution in [0.15, 0.2) is 84.4 Å². The fourth-order valence-electron chi connectivity index (χ4n) is 7.95. The number of phenolic OH excluding ortho intramolecular Hbond substituents is 1. The number of allylic oxidation sites excluding steroid dienone is 2. The van der Waals surface area contributed by atoms with Crippen molar-refractivity contribution in [3.05, 3.63) is 101 Å². The molecule has 2 aliphatic heterocycles. The van der Waals surface area contributed by atoms with Gasteiger partial charge in [0.25, 0.3) is 0 Å². The van der Waals surface area contributed by atoms with Gasteiger partial charge in [0, 0.05) is 5.92 Å². The van der Waals surface area contributed by atoms with Gasteiger partial charge in [0.1, 0.15) is 5.75 Å². The number of aromatic hydroxyl groups is 1. The van der Waals surface area contributed by atoms with E-state index < -0.39 is 29.6 Å². The maximum absolute atomic E-state index is 14.2. The molecule has 3 aromatic rings. The van der Waals surface area contributed by atoms with Crippen LogP contribution in [0.1, 0.15) is 49.3 Å². The molecule has 6 unspecified atom stereocenters. The Morgan fingerprint density at radius 2 is 1.23 bits per heavy atom. The molecular formula is C36H34N2O5. The van der Waals surface area contributed by atoms with Crippen molar-refractivity contribution in [2.45, 2.75) is 45.4 Å². The fourth-order valence-corrected chi connectivity index (χ4v) is 7.95. The van der Waals surface area contributed by atoms with E-state index >= 15 is 0 Å². The quantitative estimate of drug-likeness (QED) is 0.318. The third-order valence-corrected chi connectivity index (χ3v) is 10.1. The SMILES string of the molecule is CCc1ccc(N2C(=O)C3CC=C4C(CC5C(=O)N(c6ccc(CC)cc6)C(=O)C5C4c4cccc(O)c4)C3C2=O)cc1. The predicted octanol–water partition coefficient (Wildman–Crippen LogP) is 5.56. The van der Waals surface area contributed by atoms with Crippen LogP contribution in [0.25, 0.3) is 0 Å². The highest BCUT2D eigenvalue weighted by molar-refractivity contribution is 6.24. The van der Waals surface area contributed by atoms with Crippen molar-refractivity contribution >= 4 is 35.0 Å². The van der Waals surface area contributed by atoms with E-state index in [2.05, 4.69) is 13.8 Å². The zero-order valence-electron chi connectivity index (χ0n) is 24.3. The number of imide groups is 2. The van der Waals surface area contributed by atoms with Gasteiger partial charge in [-0.2, -0.15) is 0 Å². The second kappa shape index (κ2) is 10.3. The molecule has 7 heteroatoms. The summed E-state index contributed by atoms with van der Waals surface area (Å²) in [4.78, 5) is 58.7. The van der Waals surface area contributed by atoms with E-state index in [1.807, 2.05) is 60.7 Å². The largest absolute Gasteiger partial charge is 0.508 e. The Morgan fingerprint density at radius 1 is 0.674 bits per heavy atom. The second-order valence-electron chi connectivity index (χ2n) is 12.2. The number of benzene rings is 3. The number of amides is 4. The van der Waals surface area contributed by atoms with Crippen LogP contribution >= 0.6 is 0 Å². The van der Waals surface area contributed by atoms with Crippen molar-refractivity contribution in [1.82, 2.24) is 0 Å². The van der Waals surface area contributed by atoms with E-state index in [4.69, 9.17) is 0 Å². The summed E-state index contributed by atoms with van der Waals surface area (Å²) in [6.45, 7) is 4.10. The number of anilines is 2. The van der Waals surface area contributed by atoms with E-state index in [0.29, 0.717) is 24.2 Å². The van der Waals surface area contributed by atoms with E-state index in [1.54, 1.807) is 18.2 Å². The van der Waals surface area contributed by atoms with Gasteiger partial charge in [-0.3, -0.25) is 29.0 Å². The maximum Gasteiger partial charge on any atom is 0.238 e. The molecule has 2 heterocycles. The van der Waals surface area contributed by atoms with Crippen LogP contribution in [0.2, 0.25) is 0 Å². The summed E-state index contributed by atoms with van der Waals surface area (Å²) in [5.74, 6) is -4.21. The van der Waals surface area contributed by atoms with Crippen molar-refractivity contribution in [3.8, 4) is 5.75 Å².